The smallest absolute Gasteiger partial charge is 0.248 e. The van der Waals surface area contributed by atoms with Crippen molar-refractivity contribution < 1.29 is 8.78 Å². The average molecular weight is 220 g/mol. The zero-order valence-electron chi connectivity index (χ0n) is 7.33. The Labute approximate surface area is 84.1 Å². The molecule has 0 unspecified atom stereocenters. The Balaban J connectivity index is 2.03. The molecule has 7 heteroatoms. The number of nitrogen functional groups attached to an aromatic ring is 1. The van der Waals surface area contributed by atoms with Gasteiger partial charge in [-0.3, -0.25) is 4.57 Å². The molecule has 14 heavy (non-hydrogen) atoms. The highest BCUT2D eigenvalue weighted by Crippen LogP contribution is 2.43. The van der Waals surface area contributed by atoms with Crippen LogP contribution in [0.5, 0.6) is 0 Å². The summed E-state index contributed by atoms with van der Waals surface area (Å²) in [6.07, 6.45) is -0.168. The van der Waals surface area contributed by atoms with E-state index in [1.165, 1.54) is 0 Å². The zero-order valence-corrected chi connectivity index (χ0v) is 8.15. The first kappa shape index (κ1) is 9.57. The van der Waals surface area contributed by atoms with E-state index in [9.17, 15) is 8.78 Å². The van der Waals surface area contributed by atoms with E-state index in [1.54, 1.807) is 4.57 Å². The SMILES string of the molecule is Nc1n[nH]c(=S)n1CC1CC(F)(F)C1. The van der Waals surface area contributed by atoms with Crippen LogP contribution < -0.4 is 5.73 Å². The maximum absolute atomic E-state index is 12.5. The van der Waals surface area contributed by atoms with Crippen molar-refractivity contribution in [2.45, 2.75) is 25.3 Å². The third kappa shape index (κ3) is 1.63. The monoisotopic (exact) mass is 220 g/mol. The van der Waals surface area contributed by atoms with E-state index in [2.05, 4.69) is 10.2 Å². The molecule has 0 amide bonds. The summed E-state index contributed by atoms with van der Waals surface area (Å²) in [5.41, 5.74) is 5.50. The second-order valence-electron chi connectivity index (χ2n) is 3.63. The summed E-state index contributed by atoms with van der Waals surface area (Å²) in [7, 11) is 0. The summed E-state index contributed by atoms with van der Waals surface area (Å²) in [5.74, 6) is -2.28. The molecule has 0 spiro atoms. The van der Waals surface area contributed by atoms with Gasteiger partial charge >= 0.3 is 0 Å². The number of hydrogen-bond donors (Lipinski definition) is 2. The van der Waals surface area contributed by atoms with Gasteiger partial charge in [-0.15, -0.1) is 5.10 Å². The largest absolute Gasteiger partial charge is 0.368 e. The van der Waals surface area contributed by atoms with Crippen LogP contribution in [-0.2, 0) is 6.54 Å². The molecule has 3 N–H and O–H groups in total. The van der Waals surface area contributed by atoms with Crippen molar-refractivity contribution in [2.75, 3.05) is 5.73 Å². The van der Waals surface area contributed by atoms with Gasteiger partial charge in [-0.2, -0.15) is 0 Å². The number of nitrogens with one attached hydrogen (secondary N) is 1. The fourth-order valence-corrected chi connectivity index (χ4v) is 1.89. The lowest BCUT2D eigenvalue weighted by molar-refractivity contribution is -0.114. The molecule has 1 heterocycles. The van der Waals surface area contributed by atoms with E-state index in [4.69, 9.17) is 18.0 Å². The fraction of sp³-hybridized carbons (Fsp3) is 0.714. The van der Waals surface area contributed by atoms with Gasteiger partial charge in [0.05, 0.1) is 0 Å². The van der Waals surface area contributed by atoms with Crippen LogP contribution in [0.3, 0.4) is 0 Å². The summed E-state index contributed by atoms with van der Waals surface area (Å²) < 4.78 is 27.0. The molecule has 0 atom stereocenters. The summed E-state index contributed by atoms with van der Waals surface area (Å²) in [5, 5.41) is 6.21. The van der Waals surface area contributed by atoms with Crippen molar-refractivity contribution in [1.82, 2.24) is 14.8 Å². The van der Waals surface area contributed by atoms with Crippen LogP contribution in [0.4, 0.5) is 14.7 Å². The average Bonchev–Trinajstić information content (AvgIpc) is 2.32. The van der Waals surface area contributed by atoms with Crippen LogP contribution in [-0.4, -0.2) is 20.7 Å². The van der Waals surface area contributed by atoms with Crippen molar-refractivity contribution in [2.24, 2.45) is 5.92 Å². The minimum absolute atomic E-state index is 0.0448. The Hall–Kier alpha value is -0.980. The van der Waals surface area contributed by atoms with Gasteiger partial charge in [0.25, 0.3) is 0 Å². The molecule has 78 valence electrons. The number of aromatic amines is 1. The molecule has 0 saturated heterocycles. The van der Waals surface area contributed by atoms with E-state index >= 15 is 0 Å². The second-order valence-corrected chi connectivity index (χ2v) is 4.01. The van der Waals surface area contributed by atoms with E-state index < -0.39 is 5.92 Å². The van der Waals surface area contributed by atoms with E-state index in [-0.39, 0.29) is 24.7 Å². The number of halogens is 2. The zero-order chi connectivity index (χ0) is 10.3. The number of aromatic nitrogens is 3. The van der Waals surface area contributed by atoms with Crippen LogP contribution in [0.2, 0.25) is 0 Å². The first-order chi connectivity index (χ1) is 6.48. The Kier molecular flexibility index (Phi) is 2.06. The molecule has 0 bridgehead atoms. The molecule has 1 aromatic heterocycles. The van der Waals surface area contributed by atoms with Gasteiger partial charge in [0.2, 0.25) is 11.9 Å². The number of anilines is 1. The molecular formula is C7H10F2N4S. The van der Waals surface area contributed by atoms with E-state index in [1.807, 2.05) is 0 Å². The van der Waals surface area contributed by atoms with Crippen molar-refractivity contribution in [1.29, 1.82) is 0 Å². The molecule has 1 aliphatic carbocycles. The van der Waals surface area contributed by atoms with Gasteiger partial charge in [0.15, 0.2) is 4.77 Å². The molecule has 2 rings (SSSR count). The van der Waals surface area contributed by atoms with Gasteiger partial charge in [-0.05, 0) is 18.1 Å². The number of hydrogen-bond acceptors (Lipinski definition) is 3. The number of nitrogens with zero attached hydrogens (tertiary/aromatic N) is 2. The van der Waals surface area contributed by atoms with Crippen LogP contribution in [0, 0.1) is 10.7 Å². The highest BCUT2D eigenvalue weighted by molar-refractivity contribution is 7.71. The maximum Gasteiger partial charge on any atom is 0.248 e. The first-order valence-corrected chi connectivity index (χ1v) is 4.67. The third-order valence-electron chi connectivity index (χ3n) is 2.40. The number of alkyl halides is 2. The highest BCUT2D eigenvalue weighted by Gasteiger charge is 2.45. The van der Waals surface area contributed by atoms with Gasteiger partial charge in [-0.1, -0.05) is 0 Å². The molecular weight excluding hydrogens is 210 g/mol. The van der Waals surface area contributed by atoms with Gasteiger partial charge < -0.3 is 5.73 Å². The maximum atomic E-state index is 12.5. The van der Waals surface area contributed by atoms with Crippen molar-refractivity contribution in [3.8, 4) is 0 Å². The lowest BCUT2D eigenvalue weighted by atomic mass is 9.81. The van der Waals surface area contributed by atoms with E-state index in [0.717, 1.165) is 0 Å². The summed E-state index contributed by atoms with van der Waals surface area (Å²) >= 11 is 4.90. The highest BCUT2D eigenvalue weighted by atomic mass is 32.1. The first-order valence-electron chi connectivity index (χ1n) is 4.26. The molecule has 4 nitrogen and oxygen atoms in total. The Morgan fingerprint density at radius 2 is 2.29 bits per heavy atom. The molecule has 1 saturated carbocycles. The topological polar surface area (TPSA) is 59.6 Å². The van der Waals surface area contributed by atoms with Gasteiger partial charge in [-0.25, -0.2) is 13.9 Å². The summed E-state index contributed by atoms with van der Waals surface area (Å²) in [4.78, 5) is 0. The lowest BCUT2D eigenvalue weighted by Crippen LogP contribution is -2.37. The lowest BCUT2D eigenvalue weighted by Gasteiger charge is -2.34. The predicted molar refractivity (Wildman–Crippen MR) is 49.5 cm³/mol. The third-order valence-corrected chi connectivity index (χ3v) is 2.71. The minimum Gasteiger partial charge on any atom is -0.368 e. The molecule has 1 aliphatic rings. The quantitative estimate of drug-likeness (QED) is 0.744. The van der Waals surface area contributed by atoms with Crippen LogP contribution in [0.1, 0.15) is 12.8 Å². The molecule has 1 aromatic rings. The summed E-state index contributed by atoms with van der Waals surface area (Å²) in [6.45, 7) is 0.427. The number of nitrogens with two attached hydrogens (primary N) is 1. The molecule has 1 fully saturated rings. The molecule has 0 radical (unpaired) electrons. The standard InChI is InChI=1S/C7H10F2N4S/c8-7(9)1-4(2-7)3-13-5(10)11-12-6(13)14/h4H,1-3H2,(H2,10,11)(H,12,14). The number of rotatable bonds is 2. The molecule has 0 aliphatic heterocycles. The Morgan fingerprint density at radius 1 is 1.64 bits per heavy atom. The van der Waals surface area contributed by atoms with Crippen molar-refractivity contribution >= 4 is 18.2 Å². The normalized spacial score (nSPS) is 20.7. The van der Waals surface area contributed by atoms with Gasteiger partial charge in [0, 0.05) is 19.4 Å². The Morgan fingerprint density at radius 3 is 2.71 bits per heavy atom. The van der Waals surface area contributed by atoms with E-state index in [0.29, 0.717) is 11.3 Å². The van der Waals surface area contributed by atoms with Crippen molar-refractivity contribution in [3.63, 3.8) is 0 Å². The van der Waals surface area contributed by atoms with Gasteiger partial charge in [0.1, 0.15) is 0 Å². The minimum atomic E-state index is -2.49. The fourth-order valence-electron chi connectivity index (χ4n) is 1.68. The van der Waals surface area contributed by atoms with Crippen LogP contribution >= 0.6 is 12.2 Å². The molecule has 0 aromatic carbocycles. The Bertz CT molecular complexity index is 389. The number of H-pyrrole nitrogens is 1. The summed E-state index contributed by atoms with van der Waals surface area (Å²) in [6, 6.07) is 0. The van der Waals surface area contributed by atoms with Crippen LogP contribution in [0.15, 0.2) is 0 Å². The second kappa shape index (κ2) is 3.01. The predicted octanol–water partition coefficient (Wildman–Crippen LogP) is 1.57. The van der Waals surface area contributed by atoms with Crippen LogP contribution in [0.25, 0.3) is 0 Å². The van der Waals surface area contributed by atoms with Crippen molar-refractivity contribution in [3.05, 3.63) is 4.77 Å².